The molecule has 6 rings (SSSR count). The van der Waals surface area contributed by atoms with Crippen LogP contribution in [0.4, 0.5) is 22.7 Å². The molecule has 0 unspecified atom stereocenters. The summed E-state index contributed by atoms with van der Waals surface area (Å²) in [6, 6.07) is 18.5. The van der Waals surface area contributed by atoms with E-state index in [1.807, 2.05) is 45.9 Å². The minimum Gasteiger partial charge on any atom is -0.491 e. The van der Waals surface area contributed by atoms with Crippen molar-refractivity contribution in [1.29, 1.82) is 0 Å². The van der Waals surface area contributed by atoms with E-state index in [1.54, 1.807) is 24.4 Å². The molecule has 1 aliphatic carbocycles. The van der Waals surface area contributed by atoms with Crippen LogP contribution in [0, 0.1) is 27.9 Å². The highest BCUT2D eigenvalue weighted by Crippen LogP contribution is 2.33. The van der Waals surface area contributed by atoms with Crippen LogP contribution in [0.3, 0.4) is 0 Å². The summed E-state index contributed by atoms with van der Waals surface area (Å²) >= 11 is 0. The zero-order valence-electron chi connectivity index (χ0n) is 35.0. The zero-order valence-corrected chi connectivity index (χ0v) is 35.0. The number of nitrogens with one attached hydrogen (secondary N) is 5. The van der Waals surface area contributed by atoms with E-state index in [-0.39, 0.29) is 89.4 Å². The third-order valence-corrected chi connectivity index (χ3v) is 10.1. The van der Waals surface area contributed by atoms with Crippen LogP contribution in [-0.2, 0) is 4.79 Å². The van der Waals surface area contributed by atoms with Crippen molar-refractivity contribution in [2.45, 2.75) is 59.4 Å². The summed E-state index contributed by atoms with van der Waals surface area (Å²) in [6.45, 7) is 7.85. The number of nitro benzene ring substituents is 1. The van der Waals surface area contributed by atoms with Gasteiger partial charge in [0.15, 0.2) is 5.75 Å². The third kappa shape index (κ3) is 11.4. The molecule has 1 fully saturated rings. The summed E-state index contributed by atoms with van der Waals surface area (Å²) in [5.74, 6) is -1.10. The van der Waals surface area contributed by atoms with Crippen LogP contribution in [0.15, 0.2) is 79.0 Å². The number of hydrogen-bond donors (Lipinski definition) is 6. The first kappa shape index (κ1) is 44.5. The molecule has 0 bridgehead atoms. The number of aliphatic hydroxyl groups is 1. The standard InChI is InChI=1S/C45H51N7O10/c1-26(2)24-61-38-20-29(43(55)47-33-13-8-28(9-14-33)42(54)50-36-7-5-6-32-23-46-51-41(32)36)10-15-34(38)48-44(56)30-11-16-35(39(21-30)62-25-27(3)4)49-45(57)31-12-17-37(52(58)59)40(22-31)60-19-18-53/h5-7,10-12,15-17,20-23,26-28,33,53H,8-9,13-14,18-19,24-25H2,1-4H3,(H,46,51)(H,47,55)(H,48,56)(H,49,57)(H,50,54)/t28-,33-. The average Bonchev–Trinajstić information content (AvgIpc) is 3.75. The highest BCUT2D eigenvalue weighted by Gasteiger charge is 2.28. The second-order valence-corrected chi connectivity index (χ2v) is 15.9. The molecule has 62 heavy (non-hydrogen) atoms. The molecule has 0 saturated heterocycles. The number of aliphatic hydroxyl groups excluding tert-OH is 1. The van der Waals surface area contributed by atoms with Gasteiger partial charge in [-0.1, -0.05) is 39.8 Å². The van der Waals surface area contributed by atoms with Gasteiger partial charge in [-0.05, 0) is 86.1 Å². The fraction of sp³-hybridized carbons (Fsp3) is 0.356. The Balaban J connectivity index is 1.12. The zero-order chi connectivity index (χ0) is 44.3. The molecule has 0 radical (unpaired) electrons. The summed E-state index contributed by atoms with van der Waals surface area (Å²) < 4.78 is 17.4. The smallest absolute Gasteiger partial charge is 0.310 e. The van der Waals surface area contributed by atoms with Crippen molar-refractivity contribution in [2.75, 3.05) is 42.4 Å². The number of hydrogen-bond acceptors (Lipinski definition) is 11. The summed E-state index contributed by atoms with van der Waals surface area (Å²) in [5.41, 5.74) is 2.28. The lowest BCUT2D eigenvalue weighted by molar-refractivity contribution is -0.385. The Morgan fingerprint density at radius 2 is 1.31 bits per heavy atom. The van der Waals surface area contributed by atoms with Crippen LogP contribution in [-0.4, -0.2) is 76.3 Å². The molecule has 326 valence electrons. The summed E-state index contributed by atoms with van der Waals surface area (Å²) in [6.07, 6.45) is 4.20. The molecule has 17 heteroatoms. The first-order chi connectivity index (χ1) is 29.8. The maximum Gasteiger partial charge on any atom is 0.310 e. The minimum absolute atomic E-state index is 0.0547. The van der Waals surface area contributed by atoms with Gasteiger partial charge in [0.05, 0.1) is 53.5 Å². The van der Waals surface area contributed by atoms with Gasteiger partial charge in [0, 0.05) is 46.2 Å². The fourth-order valence-electron chi connectivity index (χ4n) is 6.83. The van der Waals surface area contributed by atoms with Crippen LogP contribution in [0.5, 0.6) is 17.2 Å². The third-order valence-electron chi connectivity index (χ3n) is 10.1. The van der Waals surface area contributed by atoms with Crippen molar-refractivity contribution < 1.29 is 43.4 Å². The average molecular weight is 850 g/mol. The summed E-state index contributed by atoms with van der Waals surface area (Å²) in [5, 5.41) is 40.3. The number of anilines is 3. The number of aromatic nitrogens is 2. The van der Waals surface area contributed by atoms with Crippen molar-refractivity contribution in [1.82, 2.24) is 15.5 Å². The molecular weight excluding hydrogens is 799 g/mol. The number of nitro groups is 1. The van der Waals surface area contributed by atoms with Gasteiger partial charge < -0.3 is 40.6 Å². The van der Waals surface area contributed by atoms with E-state index < -0.39 is 16.7 Å². The molecular formula is C45H51N7O10. The molecule has 1 saturated carbocycles. The fourth-order valence-corrected chi connectivity index (χ4v) is 6.83. The number of ether oxygens (including phenoxy) is 3. The van der Waals surface area contributed by atoms with E-state index in [2.05, 4.69) is 31.5 Å². The normalized spacial score (nSPS) is 14.9. The van der Waals surface area contributed by atoms with Gasteiger partial charge in [0.1, 0.15) is 18.1 Å². The van der Waals surface area contributed by atoms with Gasteiger partial charge in [-0.2, -0.15) is 5.10 Å². The number of carbonyl (C=O) groups excluding carboxylic acids is 4. The number of benzene rings is 4. The predicted molar refractivity (Wildman–Crippen MR) is 233 cm³/mol. The lowest BCUT2D eigenvalue weighted by atomic mass is 9.85. The largest absolute Gasteiger partial charge is 0.491 e. The van der Waals surface area contributed by atoms with Crippen molar-refractivity contribution in [3.05, 3.63) is 106 Å². The monoisotopic (exact) mass is 849 g/mol. The van der Waals surface area contributed by atoms with Gasteiger partial charge in [0.2, 0.25) is 5.91 Å². The highest BCUT2D eigenvalue weighted by molar-refractivity contribution is 6.08. The number of amides is 4. The molecule has 5 aromatic rings. The first-order valence-corrected chi connectivity index (χ1v) is 20.5. The predicted octanol–water partition coefficient (Wildman–Crippen LogP) is 7.34. The van der Waals surface area contributed by atoms with Crippen LogP contribution in [0.2, 0.25) is 0 Å². The minimum atomic E-state index is -0.649. The van der Waals surface area contributed by atoms with Crippen LogP contribution in [0.25, 0.3) is 10.9 Å². The van der Waals surface area contributed by atoms with Crippen molar-refractivity contribution in [3.63, 3.8) is 0 Å². The maximum absolute atomic E-state index is 13.8. The Morgan fingerprint density at radius 3 is 1.87 bits per heavy atom. The number of para-hydroxylation sites is 1. The van der Waals surface area contributed by atoms with Crippen LogP contribution in [0.1, 0.15) is 84.5 Å². The number of nitrogens with zero attached hydrogens (tertiary/aromatic N) is 2. The Morgan fingerprint density at radius 1 is 0.742 bits per heavy atom. The van der Waals surface area contributed by atoms with Gasteiger partial charge in [-0.3, -0.25) is 34.4 Å². The van der Waals surface area contributed by atoms with Gasteiger partial charge in [-0.25, -0.2) is 0 Å². The lowest BCUT2D eigenvalue weighted by Gasteiger charge is -2.28. The Labute approximate surface area is 358 Å². The van der Waals surface area contributed by atoms with Gasteiger partial charge in [0.25, 0.3) is 17.7 Å². The number of fused-ring (bicyclic) bond motifs is 1. The quantitative estimate of drug-likeness (QED) is 0.0377. The molecule has 4 aromatic carbocycles. The van der Waals surface area contributed by atoms with Crippen LogP contribution < -0.4 is 35.5 Å². The maximum atomic E-state index is 13.8. The topological polar surface area (TPSA) is 236 Å². The Bertz CT molecular complexity index is 2420. The van der Waals surface area contributed by atoms with E-state index in [9.17, 15) is 29.3 Å². The van der Waals surface area contributed by atoms with E-state index in [4.69, 9.17) is 19.3 Å². The Hall–Kier alpha value is -7.01. The molecule has 6 N–H and O–H groups in total. The molecule has 1 aliphatic rings. The van der Waals surface area contributed by atoms with Crippen LogP contribution >= 0.6 is 0 Å². The van der Waals surface area contributed by atoms with Crippen molar-refractivity contribution in [3.8, 4) is 17.2 Å². The van der Waals surface area contributed by atoms with E-state index >= 15 is 0 Å². The van der Waals surface area contributed by atoms with E-state index in [1.165, 1.54) is 30.3 Å². The Kier molecular flexibility index (Phi) is 14.7. The summed E-state index contributed by atoms with van der Waals surface area (Å²) in [7, 11) is 0. The van der Waals surface area contributed by atoms with Crippen molar-refractivity contribution in [2.24, 2.45) is 17.8 Å². The number of H-pyrrole nitrogens is 1. The molecule has 0 spiro atoms. The number of aromatic amines is 1. The molecule has 0 atom stereocenters. The highest BCUT2D eigenvalue weighted by atomic mass is 16.6. The number of carbonyl (C=O) groups is 4. The second-order valence-electron chi connectivity index (χ2n) is 15.9. The molecule has 1 aromatic heterocycles. The summed E-state index contributed by atoms with van der Waals surface area (Å²) in [4.78, 5) is 64.6. The SMILES string of the molecule is CC(C)COc1cc(C(=O)Nc2ccc(C(=O)N[C@H]3CC[C@H](C(=O)Nc4cccc5cn[nH]c45)CC3)cc2OCC(C)C)ccc1NC(=O)c1ccc([N+](=O)[O-])c(OCCO)c1. The van der Waals surface area contributed by atoms with E-state index in [0.717, 1.165) is 17.0 Å². The molecule has 0 aliphatic heterocycles. The first-order valence-electron chi connectivity index (χ1n) is 20.5. The van der Waals surface area contributed by atoms with E-state index in [0.29, 0.717) is 55.0 Å². The molecule has 17 nitrogen and oxygen atoms in total. The lowest BCUT2D eigenvalue weighted by Crippen LogP contribution is -2.39. The number of rotatable bonds is 18. The second kappa shape index (κ2) is 20.5. The van der Waals surface area contributed by atoms with Crippen molar-refractivity contribution >= 4 is 57.3 Å². The molecule has 1 heterocycles. The van der Waals surface area contributed by atoms with Gasteiger partial charge in [-0.15, -0.1) is 0 Å². The molecule has 4 amide bonds. The van der Waals surface area contributed by atoms with Gasteiger partial charge >= 0.3 is 5.69 Å².